The van der Waals surface area contributed by atoms with Crippen LogP contribution in [0.1, 0.15) is 10.4 Å². The van der Waals surface area contributed by atoms with Gasteiger partial charge in [-0.05, 0) is 24.3 Å². The summed E-state index contributed by atoms with van der Waals surface area (Å²) < 4.78 is 0. The number of nitrogens with zero attached hydrogens (tertiary/aromatic N) is 1. The molecule has 1 aromatic carbocycles. The van der Waals surface area contributed by atoms with Gasteiger partial charge in [-0.3, -0.25) is 0 Å². The van der Waals surface area contributed by atoms with Crippen LogP contribution in [0.25, 0.3) is 0 Å². The van der Waals surface area contributed by atoms with Crippen molar-refractivity contribution < 1.29 is 9.90 Å². The van der Waals surface area contributed by atoms with E-state index in [9.17, 15) is 4.79 Å². The van der Waals surface area contributed by atoms with E-state index in [1.54, 1.807) is 18.2 Å². The van der Waals surface area contributed by atoms with E-state index >= 15 is 0 Å². The van der Waals surface area contributed by atoms with Gasteiger partial charge >= 0.3 is 5.97 Å². The third-order valence-corrected chi connectivity index (χ3v) is 3.33. The number of benzene rings is 1. The molecule has 4 nitrogen and oxygen atoms in total. The van der Waals surface area contributed by atoms with Gasteiger partial charge in [0.25, 0.3) is 0 Å². The molecule has 0 unspecified atom stereocenters. The van der Waals surface area contributed by atoms with Crippen molar-refractivity contribution in [1.82, 2.24) is 4.98 Å². The SMILES string of the molecule is O=C(O)c1ccc(Cl)nc1Nc1cccc(Cl)c1Cl. The van der Waals surface area contributed by atoms with E-state index in [0.717, 1.165) is 0 Å². The summed E-state index contributed by atoms with van der Waals surface area (Å²) in [7, 11) is 0. The lowest BCUT2D eigenvalue weighted by Crippen LogP contribution is -2.05. The average Bonchev–Trinajstić information content (AvgIpc) is 2.35. The monoisotopic (exact) mass is 316 g/mol. The second kappa shape index (κ2) is 5.65. The van der Waals surface area contributed by atoms with Gasteiger partial charge in [0.1, 0.15) is 16.5 Å². The number of carboxylic acids is 1. The number of carbonyl (C=O) groups is 1. The minimum atomic E-state index is -1.12. The molecule has 0 aliphatic carbocycles. The molecule has 0 aliphatic rings. The molecule has 0 amide bonds. The minimum absolute atomic E-state index is 0.0135. The molecule has 19 heavy (non-hydrogen) atoms. The molecular weight excluding hydrogens is 311 g/mol. The topological polar surface area (TPSA) is 62.2 Å². The average molecular weight is 318 g/mol. The van der Waals surface area contributed by atoms with E-state index in [1.807, 2.05) is 0 Å². The lowest BCUT2D eigenvalue weighted by molar-refractivity contribution is 0.0697. The molecule has 0 atom stereocenters. The van der Waals surface area contributed by atoms with Crippen molar-refractivity contribution in [2.45, 2.75) is 0 Å². The predicted octanol–water partition coefficient (Wildman–Crippen LogP) is 4.48. The highest BCUT2D eigenvalue weighted by atomic mass is 35.5. The molecule has 2 aromatic rings. The van der Waals surface area contributed by atoms with E-state index in [0.29, 0.717) is 10.7 Å². The lowest BCUT2D eigenvalue weighted by atomic mass is 10.2. The van der Waals surface area contributed by atoms with Gasteiger partial charge in [0, 0.05) is 0 Å². The van der Waals surface area contributed by atoms with E-state index in [-0.39, 0.29) is 21.6 Å². The van der Waals surface area contributed by atoms with Crippen LogP contribution in [0.15, 0.2) is 30.3 Å². The first-order valence-corrected chi connectivity index (χ1v) is 6.23. The van der Waals surface area contributed by atoms with Crippen LogP contribution in [0.2, 0.25) is 15.2 Å². The molecular formula is C12H7Cl3N2O2. The fraction of sp³-hybridized carbons (Fsp3) is 0. The molecule has 0 saturated heterocycles. The molecule has 0 bridgehead atoms. The van der Waals surface area contributed by atoms with Gasteiger partial charge in [-0.1, -0.05) is 40.9 Å². The Balaban J connectivity index is 2.45. The first kappa shape index (κ1) is 13.9. The van der Waals surface area contributed by atoms with Crippen molar-refractivity contribution >= 4 is 52.3 Å². The number of carboxylic acid groups (broad SMARTS) is 1. The molecule has 0 saturated carbocycles. The number of hydrogen-bond donors (Lipinski definition) is 2. The Hall–Kier alpha value is -1.49. The zero-order valence-electron chi connectivity index (χ0n) is 9.32. The zero-order chi connectivity index (χ0) is 14.0. The van der Waals surface area contributed by atoms with Crippen molar-refractivity contribution in [3.05, 3.63) is 51.1 Å². The van der Waals surface area contributed by atoms with Gasteiger partial charge < -0.3 is 10.4 Å². The van der Waals surface area contributed by atoms with Gasteiger partial charge in [-0.2, -0.15) is 0 Å². The third-order valence-electron chi connectivity index (χ3n) is 2.30. The van der Waals surface area contributed by atoms with Crippen molar-refractivity contribution in [1.29, 1.82) is 0 Å². The number of aromatic carboxylic acids is 1. The quantitative estimate of drug-likeness (QED) is 0.819. The molecule has 7 heteroatoms. The second-order valence-corrected chi connectivity index (χ2v) is 4.73. The summed E-state index contributed by atoms with van der Waals surface area (Å²) in [5, 5.41) is 12.7. The number of aromatic nitrogens is 1. The third kappa shape index (κ3) is 3.10. The van der Waals surface area contributed by atoms with Crippen LogP contribution in [0.5, 0.6) is 0 Å². The van der Waals surface area contributed by atoms with Crippen LogP contribution in [0, 0.1) is 0 Å². The van der Waals surface area contributed by atoms with E-state index in [4.69, 9.17) is 39.9 Å². The summed E-state index contributed by atoms with van der Waals surface area (Å²) in [6.07, 6.45) is 0. The number of hydrogen-bond acceptors (Lipinski definition) is 3. The van der Waals surface area contributed by atoms with Crippen LogP contribution in [-0.2, 0) is 0 Å². The molecule has 2 rings (SSSR count). The van der Waals surface area contributed by atoms with Crippen molar-refractivity contribution in [2.75, 3.05) is 5.32 Å². The van der Waals surface area contributed by atoms with Crippen LogP contribution < -0.4 is 5.32 Å². The summed E-state index contributed by atoms with van der Waals surface area (Å²) >= 11 is 17.6. The van der Waals surface area contributed by atoms with Crippen molar-refractivity contribution in [2.24, 2.45) is 0 Å². The molecule has 1 heterocycles. The van der Waals surface area contributed by atoms with E-state index in [1.165, 1.54) is 12.1 Å². The molecule has 98 valence electrons. The Morgan fingerprint density at radius 1 is 1.16 bits per heavy atom. The summed E-state index contributed by atoms with van der Waals surface area (Å²) in [6.45, 7) is 0. The molecule has 0 fully saturated rings. The maximum Gasteiger partial charge on any atom is 0.339 e. The predicted molar refractivity (Wildman–Crippen MR) is 76.0 cm³/mol. The van der Waals surface area contributed by atoms with E-state index in [2.05, 4.69) is 10.3 Å². The van der Waals surface area contributed by atoms with Gasteiger partial charge in [-0.25, -0.2) is 9.78 Å². The van der Waals surface area contributed by atoms with Gasteiger partial charge in [-0.15, -0.1) is 0 Å². The Morgan fingerprint density at radius 2 is 1.89 bits per heavy atom. The van der Waals surface area contributed by atoms with Gasteiger partial charge in [0.05, 0.1) is 15.7 Å². The minimum Gasteiger partial charge on any atom is -0.478 e. The van der Waals surface area contributed by atoms with Crippen LogP contribution in [-0.4, -0.2) is 16.1 Å². The Labute approximate surface area is 123 Å². The molecule has 0 aliphatic heterocycles. The number of pyridine rings is 1. The normalized spacial score (nSPS) is 10.3. The highest BCUT2D eigenvalue weighted by molar-refractivity contribution is 6.43. The summed E-state index contributed by atoms with van der Waals surface area (Å²) in [5.41, 5.74) is 0.437. The Morgan fingerprint density at radius 3 is 2.58 bits per heavy atom. The fourth-order valence-corrected chi connectivity index (χ4v) is 1.93. The van der Waals surface area contributed by atoms with Gasteiger partial charge in [0.2, 0.25) is 0 Å². The first-order chi connectivity index (χ1) is 8.99. The highest BCUT2D eigenvalue weighted by Gasteiger charge is 2.14. The maximum atomic E-state index is 11.1. The summed E-state index contributed by atoms with van der Waals surface area (Å²) in [6, 6.07) is 7.72. The number of rotatable bonds is 3. The Bertz CT molecular complexity index is 647. The first-order valence-electron chi connectivity index (χ1n) is 5.10. The Kier molecular flexibility index (Phi) is 4.14. The molecule has 2 N–H and O–H groups in total. The zero-order valence-corrected chi connectivity index (χ0v) is 11.6. The number of halogens is 3. The maximum absolute atomic E-state index is 11.1. The number of anilines is 2. The largest absolute Gasteiger partial charge is 0.478 e. The van der Waals surface area contributed by atoms with Crippen molar-refractivity contribution in [3.8, 4) is 0 Å². The second-order valence-electron chi connectivity index (χ2n) is 3.56. The smallest absolute Gasteiger partial charge is 0.339 e. The van der Waals surface area contributed by atoms with E-state index < -0.39 is 5.97 Å². The number of nitrogens with one attached hydrogen (secondary N) is 1. The van der Waals surface area contributed by atoms with Crippen LogP contribution in [0.3, 0.4) is 0 Å². The van der Waals surface area contributed by atoms with Crippen molar-refractivity contribution in [3.63, 3.8) is 0 Å². The fourth-order valence-electron chi connectivity index (χ4n) is 1.43. The summed E-state index contributed by atoms with van der Waals surface area (Å²) in [5.74, 6) is -1.02. The molecule has 1 aromatic heterocycles. The summed E-state index contributed by atoms with van der Waals surface area (Å²) in [4.78, 5) is 15.0. The lowest BCUT2D eigenvalue weighted by Gasteiger charge is -2.11. The van der Waals surface area contributed by atoms with Crippen LogP contribution in [0.4, 0.5) is 11.5 Å². The van der Waals surface area contributed by atoms with Crippen LogP contribution >= 0.6 is 34.8 Å². The molecule has 0 spiro atoms. The highest BCUT2D eigenvalue weighted by Crippen LogP contribution is 2.32. The standard InChI is InChI=1S/C12H7Cl3N2O2/c13-7-2-1-3-8(10(7)15)16-11-6(12(18)19)4-5-9(14)17-11/h1-5H,(H,16,17)(H,18,19). The van der Waals surface area contributed by atoms with Gasteiger partial charge in [0.15, 0.2) is 0 Å². The molecule has 0 radical (unpaired) electrons.